The lowest BCUT2D eigenvalue weighted by Crippen LogP contribution is -2.32. The Morgan fingerprint density at radius 1 is 1.16 bits per heavy atom. The summed E-state index contributed by atoms with van der Waals surface area (Å²) in [6.45, 7) is 6.07. The van der Waals surface area contributed by atoms with Crippen LogP contribution in [0.1, 0.15) is 40.9 Å². The van der Waals surface area contributed by atoms with E-state index in [0.29, 0.717) is 11.3 Å². The second kappa shape index (κ2) is 6.89. The molecule has 2 aromatic rings. The summed E-state index contributed by atoms with van der Waals surface area (Å²) in [7, 11) is 0. The van der Waals surface area contributed by atoms with E-state index in [4.69, 9.17) is 0 Å². The topological polar surface area (TPSA) is 49.4 Å². The number of carbonyl (C=O) groups is 2. The summed E-state index contributed by atoms with van der Waals surface area (Å²) in [5.41, 5.74) is 2.88. The largest absolute Gasteiger partial charge is 0.350 e. The Balaban J connectivity index is 1.57. The average molecular weight is 338 g/mol. The second-order valence-corrected chi connectivity index (χ2v) is 6.04. The van der Waals surface area contributed by atoms with Crippen molar-refractivity contribution in [2.75, 3.05) is 6.54 Å². The van der Waals surface area contributed by atoms with Crippen molar-refractivity contribution >= 4 is 17.5 Å². The summed E-state index contributed by atoms with van der Waals surface area (Å²) in [4.78, 5) is 26.1. The average Bonchev–Trinajstić information content (AvgIpc) is 2.85. The summed E-state index contributed by atoms with van der Waals surface area (Å²) in [6.07, 6.45) is 0.171. The molecule has 1 aliphatic heterocycles. The van der Waals surface area contributed by atoms with E-state index in [2.05, 4.69) is 11.9 Å². The fourth-order valence-corrected chi connectivity index (χ4v) is 2.93. The monoisotopic (exact) mass is 338 g/mol. The van der Waals surface area contributed by atoms with Crippen LogP contribution in [0, 0.1) is 5.82 Å². The van der Waals surface area contributed by atoms with E-state index in [-0.39, 0.29) is 36.6 Å². The van der Waals surface area contributed by atoms with Crippen molar-refractivity contribution in [1.29, 1.82) is 0 Å². The number of hydrogen-bond acceptors (Lipinski definition) is 2. The van der Waals surface area contributed by atoms with Gasteiger partial charge in [-0.05, 0) is 30.7 Å². The molecule has 5 heteroatoms. The Morgan fingerprint density at radius 2 is 1.80 bits per heavy atom. The van der Waals surface area contributed by atoms with Crippen LogP contribution in [-0.2, 0) is 4.79 Å². The van der Waals surface area contributed by atoms with Gasteiger partial charge in [-0.15, -0.1) is 0 Å². The molecule has 0 spiro atoms. The molecule has 1 heterocycles. The van der Waals surface area contributed by atoms with Gasteiger partial charge in [-0.25, -0.2) is 4.39 Å². The van der Waals surface area contributed by atoms with Crippen molar-refractivity contribution in [3.05, 3.63) is 77.6 Å². The zero-order valence-corrected chi connectivity index (χ0v) is 14.0. The minimum atomic E-state index is -0.312. The summed E-state index contributed by atoms with van der Waals surface area (Å²) in [6, 6.07) is 13.1. The number of amides is 2. The molecule has 0 saturated heterocycles. The van der Waals surface area contributed by atoms with E-state index >= 15 is 0 Å². The van der Waals surface area contributed by atoms with E-state index in [1.807, 2.05) is 25.1 Å². The van der Waals surface area contributed by atoms with Crippen molar-refractivity contribution in [1.82, 2.24) is 10.2 Å². The fourth-order valence-electron chi connectivity index (χ4n) is 2.93. The van der Waals surface area contributed by atoms with Crippen LogP contribution >= 0.6 is 0 Å². The van der Waals surface area contributed by atoms with Gasteiger partial charge < -0.3 is 10.2 Å². The van der Waals surface area contributed by atoms with E-state index in [1.54, 1.807) is 18.2 Å². The highest BCUT2D eigenvalue weighted by Gasteiger charge is 2.30. The molecule has 4 nitrogen and oxygen atoms in total. The Kier molecular flexibility index (Phi) is 4.65. The van der Waals surface area contributed by atoms with E-state index < -0.39 is 0 Å². The van der Waals surface area contributed by atoms with Gasteiger partial charge in [0.25, 0.3) is 5.91 Å². The van der Waals surface area contributed by atoms with Crippen LogP contribution in [0.2, 0.25) is 0 Å². The number of nitrogens with zero attached hydrogens (tertiary/aromatic N) is 1. The van der Waals surface area contributed by atoms with Crippen LogP contribution in [0.3, 0.4) is 0 Å². The van der Waals surface area contributed by atoms with Crippen molar-refractivity contribution in [2.45, 2.75) is 19.4 Å². The third-order valence-electron chi connectivity index (χ3n) is 4.35. The Morgan fingerprint density at radius 3 is 2.44 bits per heavy atom. The zero-order chi connectivity index (χ0) is 18.0. The minimum absolute atomic E-state index is 0.125. The molecule has 1 unspecified atom stereocenters. The first kappa shape index (κ1) is 16.9. The van der Waals surface area contributed by atoms with E-state index in [0.717, 1.165) is 11.1 Å². The van der Waals surface area contributed by atoms with Crippen molar-refractivity contribution in [3.63, 3.8) is 0 Å². The Labute approximate surface area is 146 Å². The molecule has 0 radical (unpaired) electrons. The van der Waals surface area contributed by atoms with Gasteiger partial charge in [-0.2, -0.15) is 0 Å². The van der Waals surface area contributed by atoms with Gasteiger partial charge in [0.1, 0.15) is 5.82 Å². The number of halogens is 1. The minimum Gasteiger partial charge on any atom is -0.350 e. The predicted molar refractivity (Wildman–Crippen MR) is 94.1 cm³/mol. The molecule has 0 aromatic heterocycles. The SMILES string of the molecule is C=C1c2ccccc2C(=O)N1CCC(=O)NC(C)c1ccc(F)cc1. The van der Waals surface area contributed by atoms with Gasteiger partial charge in [-0.1, -0.05) is 36.9 Å². The van der Waals surface area contributed by atoms with Crippen LogP contribution in [0.5, 0.6) is 0 Å². The van der Waals surface area contributed by atoms with Crippen LogP contribution in [-0.4, -0.2) is 23.3 Å². The van der Waals surface area contributed by atoms with Crippen LogP contribution in [0.25, 0.3) is 5.70 Å². The standard InChI is InChI=1S/C20H19FN2O2/c1-13(15-7-9-16(21)10-8-15)22-19(24)11-12-23-14(2)17-5-3-4-6-18(17)20(23)25/h3-10,13H,2,11-12H2,1H3,(H,22,24). The van der Waals surface area contributed by atoms with Crippen molar-refractivity contribution in [3.8, 4) is 0 Å². The molecular formula is C20H19FN2O2. The molecule has 2 amide bonds. The maximum Gasteiger partial charge on any atom is 0.258 e. The molecule has 128 valence electrons. The Hall–Kier alpha value is -2.95. The number of hydrogen-bond donors (Lipinski definition) is 1. The molecule has 3 rings (SSSR count). The maximum absolute atomic E-state index is 13.0. The molecule has 1 atom stereocenters. The molecule has 1 N–H and O–H groups in total. The molecular weight excluding hydrogens is 319 g/mol. The molecule has 25 heavy (non-hydrogen) atoms. The van der Waals surface area contributed by atoms with Gasteiger partial charge >= 0.3 is 0 Å². The first-order chi connectivity index (χ1) is 12.0. The highest BCUT2D eigenvalue weighted by Crippen LogP contribution is 2.31. The van der Waals surface area contributed by atoms with Crippen LogP contribution < -0.4 is 5.32 Å². The number of fused-ring (bicyclic) bond motifs is 1. The van der Waals surface area contributed by atoms with Gasteiger partial charge in [0.05, 0.1) is 6.04 Å². The molecule has 0 saturated carbocycles. The van der Waals surface area contributed by atoms with Gasteiger partial charge in [0.15, 0.2) is 0 Å². The quantitative estimate of drug-likeness (QED) is 0.907. The number of benzene rings is 2. The lowest BCUT2D eigenvalue weighted by atomic mass is 10.1. The number of rotatable bonds is 5. The molecule has 1 aliphatic rings. The summed E-state index contributed by atoms with van der Waals surface area (Å²) in [5.74, 6) is -0.610. The summed E-state index contributed by atoms with van der Waals surface area (Å²) < 4.78 is 13.0. The molecule has 0 aliphatic carbocycles. The van der Waals surface area contributed by atoms with Crippen molar-refractivity contribution in [2.24, 2.45) is 0 Å². The van der Waals surface area contributed by atoms with Gasteiger partial charge in [-0.3, -0.25) is 9.59 Å². The first-order valence-corrected chi connectivity index (χ1v) is 8.12. The Bertz CT molecular complexity index is 795. The third-order valence-corrected chi connectivity index (χ3v) is 4.35. The smallest absolute Gasteiger partial charge is 0.258 e. The number of carbonyl (C=O) groups excluding carboxylic acids is 2. The lowest BCUT2D eigenvalue weighted by molar-refractivity contribution is -0.121. The maximum atomic E-state index is 13.0. The lowest BCUT2D eigenvalue weighted by Gasteiger charge is -2.19. The van der Waals surface area contributed by atoms with Crippen molar-refractivity contribution < 1.29 is 14.0 Å². The highest BCUT2D eigenvalue weighted by molar-refractivity contribution is 6.08. The first-order valence-electron chi connectivity index (χ1n) is 8.12. The summed E-state index contributed by atoms with van der Waals surface area (Å²) >= 11 is 0. The van der Waals surface area contributed by atoms with Crippen LogP contribution in [0.4, 0.5) is 4.39 Å². The summed E-state index contributed by atoms with van der Waals surface area (Å²) in [5, 5.41) is 2.86. The van der Waals surface area contributed by atoms with E-state index in [9.17, 15) is 14.0 Å². The third kappa shape index (κ3) is 3.45. The second-order valence-electron chi connectivity index (χ2n) is 6.04. The molecule has 0 bridgehead atoms. The molecule has 2 aromatic carbocycles. The number of nitrogens with one attached hydrogen (secondary N) is 1. The fraction of sp³-hybridized carbons (Fsp3) is 0.200. The van der Waals surface area contributed by atoms with Gasteiger partial charge in [0, 0.05) is 29.8 Å². The zero-order valence-electron chi connectivity index (χ0n) is 14.0. The normalized spacial score (nSPS) is 14.4. The molecule has 0 fully saturated rings. The highest BCUT2D eigenvalue weighted by atomic mass is 19.1. The van der Waals surface area contributed by atoms with Gasteiger partial charge in [0.2, 0.25) is 5.91 Å². The van der Waals surface area contributed by atoms with Crippen LogP contribution in [0.15, 0.2) is 55.1 Å². The van der Waals surface area contributed by atoms with E-state index in [1.165, 1.54) is 17.0 Å². The predicted octanol–water partition coefficient (Wildman–Crippen LogP) is 3.52.